The lowest BCUT2D eigenvalue weighted by Crippen LogP contribution is -2.22. The second kappa shape index (κ2) is 5.97. The zero-order valence-electron chi connectivity index (χ0n) is 12.3. The van der Waals surface area contributed by atoms with E-state index >= 15 is 0 Å². The largest absolute Gasteiger partial charge is 0.386 e. The number of benzene rings is 2. The third kappa shape index (κ3) is 2.90. The fourth-order valence-electron chi connectivity index (χ4n) is 2.71. The molecule has 0 spiro atoms. The first kappa shape index (κ1) is 14.2. The summed E-state index contributed by atoms with van der Waals surface area (Å²) < 4.78 is 0. The molecule has 4 nitrogen and oxygen atoms in total. The van der Waals surface area contributed by atoms with Crippen LogP contribution in [0.2, 0.25) is 0 Å². The maximum Gasteiger partial charge on any atom is 0.171 e. The van der Waals surface area contributed by atoms with Crippen molar-refractivity contribution in [3.05, 3.63) is 60.2 Å². The standard InChI is InChI=1S/C18H14ClN3O/c19-18-11-16(20-13-8-4-5-9-14(13)21-18)17-10-15(22-23-17)12-6-2-1-3-7-12/h1-9,17H,10-11H2. The minimum absolute atomic E-state index is 0.194. The molecule has 0 aliphatic carbocycles. The van der Waals surface area contributed by atoms with Crippen molar-refractivity contribution < 1.29 is 4.84 Å². The van der Waals surface area contributed by atoms with Gasteiger partial charge in [0.15, 0.2) is 6.10 Å². The highest BCUT2D eigenvalue weighted by atomic mass is 35.5. The first-order chi connectivity index (χ1) is 11.3. The average molecular weight is 324 g/mol. The van der Waals surface area contributed by atoms with Gasteiger partial charge < -0.3 is 4.84 Å². The Labute approximate surface area is 139 Å². The van der Waals surface area contributed by atoms with Crippen LogP contribution in [-0.4, -0.2) is 22.7 Å². The van der Waals surface area contributed by atoms with E-state index in [4.69, 9.17) is 21.4 Å². The van der Waals surface area contributed by atoms with E-state index < -0.39 is 0 Å². The van der Waals surface area contributed by atoms with Crippen LogP contribution < -0.4 is 0 Å². The molecule has 2 aliphatic heterocycles. The monoisotopic (exact) mass is 323 g/mol. The Kier molecular flexibility index (Phi) is 3.67. The zero-order valence-corrected chi connectivity index (χ0v) is 13.1. The lowest BCUT2D eigenvalue weighted by atomic mass is 10.0. The molecule has 0 fully saturated rings. The van der Waals surface area contributed by atoms with Gasteiger partial charge in [-0.3, -0.25) is 4.99 Å². The summed E-state index contributed by atoms with van der Waals surface area (Å²) in [7, 11) is 0. The molecule has 0 saturated carbocycles. The Morgan fingerprint density at radius 2 is 1.61 bits per heavy atom. The molecule has 114 valence electrons. The Morgan fingerprint density at radius 3 is 2.39 bits per heavy atom. The molecule has 1 atom stereocenters. The molecule has 23 heavy (non-hydrogen) atoms. The Bertz CT molecular complexity index is 827. The van der Waals surface area contributed by atoms with Crippen molar-refractivity contribution in [1.82, 2.24) is 0 Å². The van der Waals surface area contributed by atoms with Crippen LogP contribution in [0.1, 0.15) is 18.4 Å². The Morgan fingerprint density at radius 1 is 0.913 bits per heavy atom. The minimum Gasteiger partial charge on any atom is -0.386 e. The fourth-order valence-corrected chi connectivity index (χ4v) is 2.94. The number of halogens is 1. The predicted octanol–water partition coefficient (Wildman–Crippen LogP) is 4.62. The molecule has 0 N–H and O–H groups in total. The summed E-state index contributed by atoms with van der Waals surface area (Å²) in [5.74, 6) is 0. The molecule has 2 heterocycles. The molecule has 1 unspecified atom stereocenters. The van der Waals surface area contributed by atoms with Gasteiger partial charge in [0.05, 0.1) is 22.8 Å². The smallest absolute Gasteiger partial charge is 0.171 e. The lowest BCUT2D eigenvalue weighted by Gasteiger charge is -2.10. The van der Waals surface area contributed by atoms with Gasteiger partial charge in [-0.05, 0) is 17.7 Å². The Balaban J connectivity index is 1.61. The maximum absolute atomic E-state index is 6.25. The summed E-state index contributed by atoms with van der Waals surface area (Å²) in [6.45, 7) is 0. The molecular weight excluding hydrogens is 310 g/mol. The van der Waals surface area contributed by atoms with E-state index in [2.05, 4.69) is 10.1 Å². The van der Waals surface area contributed by atoms with Gasteiger partial charge in [0.25, 0.3) is 0 Å². The van der Waals surface area contributed by atoms with Crippen LogP contribution in [0.15, 0.2) is 69.7 Å². The van der Waals surface area contributed by atoms with Gasteiger partial charge in [-0.15, -0.1) is 0 Å². The van der Waals surface area contributed by atoms with Crippen LogP contribution in [0.4, 0.5) is 11.4 Å². The number of hydrogen-bond donors (Lipinski definition) is 0. The predicted molar refractivity (Wildman–Crippen MR) is 93.6 cm³/mol. The summed E-state index contributed by atoms with van der Waals surface area (Å²) in [5, 5.41) is 4.75. The highest BCUT2D eigenvalue weighted by Crippen LogP contribution is 2.32. The van der Waals surface area contributed by atoms with Gasteiger partial charge in [-0.1, -0.05) is 59.2 Å². The highest BCUT2D eigenvalue weighted by Gasteiger charge is 2.28. The zero-order chi connectivity index (χ0) is 15.6. The molecule has 0 aromatic heterocycles. The minimum atomic E-state index is -0.194. The first-order valence-electron chi connectivity index (χ1n) is 7.47. The maximum atomic E-state index is 6.25. The fraction of sp³-hybridized carbons (Fsp3) is 0.167. The SMILES string of the molecule is ClC1=Nc2ccccc2N=C(C2CC(c3ccccc3)=NO2)C1. The van der Waals surface area contributed by atoms with Crippen LogP contribution in [0.25, 0.3) is 0 Å². The Hall–Kier alpha value is -2.46. The summed E-state index contributed by atoms with van der Waals surface area (Å²) in [5.41, 5.74) is 4.47. The van der Waals surface area contributed by atoms with Gasteiger partial charge in [0.2, 0.25) is 0 Å². The average Bonchev–Trinajstić information content (AvgIpc) is 3.00. The molecule has 5 heteroatoms. The number of para-hydroxylation sites is 2. The summed E-state index contributed by atoms with van der Waals surface area (Å²) in [4.78, 5) is 14.8. The lowest BCUT2D eigenvalue weighted by molar-refractivity contribution is 0.132. The number of oxime groups is 1. The third-order valence-electron chi connectivity index (χ3n) is 3.86. The van der Waals surface area contributed by atoms with E-state index in [9.17, 15) is 0 Å². The van der Waals surface area contributed by atoms with Gasteiger partial charge in [0, 0.05) is 12.8 Å². The first-order valence-corrected chi connectivity index (χ1v) is 7.85. The molecule has 0 radical (unpaired) electrons. The topological polar surface area (TPSA) is 46.3 Å². The summed E-state index contributed by atoms with van der Waals surface area (Å²) >= 11 is 6.25. The van der Waals surface area contributed by atoms with Gasteiger partial charge >= 0.3 is 0 Å². The van der Waals surface area contributed by atoms with Crippen molar-refractivity contribution in [3.63, 3.8) is 0 Å². The van der Waals surface area contributed by atoms with Crippen LogP contribution in [0.5, 0.6) is 0 Å². The van der Waals surface area contributed by atoms with Gasteiger partial charge in [-0.25, -0.2) is 4.99 Å². The number of aliphatic imine (C=N–C) groups is 2. The van der Waals surface area contributed by atoms with Crippen molar-refractivity contribution in [1.29, 1.82) is 0 Å². The quantitative estimate of drug-likeness (QED) is 0.795. The van der Waals surface area contributed by atoms with Crippen molar-refractivity contribution in [2.75, 3.05) is 0 Å². The molecular formula is C18H14ClN3O. The van der Waals surface area contributed by atoms with E-state index in [1.807, 2.05) is 54.6 Å². The van der Waals surface area contributed by atoms with Crippen LogP contribution in [-0.2, 0) is 4.84 Å². The molecule has 0 amide bonds. The van der Waals surface area contributed by atoms with Crippen molar-refractivity contribution in [2.24, 2.45) is 15.1 Å². The molecule has 2 aliphatic rings. The van der Waals surface area contributed by atoms with Gasteiger partial charge in [-0.2, -0.15) is 0 Å². The number of rotatable bonds is 2. The number of nitrogens with zero attached hydrogens (tertiary/aromatic N) is 3. The normalized spacial score (nSPS) is 19.9. The summed E-state index contributed by atoms with van der Waals surface area (Å²) in [6, 6.07) is 17.7. The van der Waals surface area contributed by atoms with E-state index in [-0.39, 0.29) is 6.10 Å². The number of hydrogen-bond acceptors (Lipinski definition) is 4. The second-order valence-electron chi connectivity index (χ2n) is 5.46. The van der Waals surface area contributed by atoms with E-state index in [1.165, 1.54) is 0 Å². The van der Waals surface area contributed by atoms with Crippen molar-refractivity contribution >= 4 is 39.6 Å². The molecule has 2 aromatic carbocycles. The van der Waals surface area contributed by atoms with Crippen LogP contribution in [0.3, 0.4) is 0 Å². The van der Waals surface area contributed by atoms with Crippen molar-refractivity contribution in [2.45, 2.75) is 18.9 Å². The summed E-state index contributed by atoms with van der Waals surface area (Å²) in [6.07, 6.45) is 0.980. The molecule has 4 rings (SSSR count). The second-order valence-corrected chi connectivity index (χ2v) is 5.90. The highest BCUT2D eigenvalue weighted by molar-refractivity contribution is 6.67. The van der Waals surface area contributed by atoms with E-state index in [1.54, 1.807) is 0 Å². The third-order valence-corrected chi connectivity index (χ3v) is 4.08. The van der Waals surface area contributed by atoms with E-state index in [0.717, 1.165) is 28.4 Å². The van der Waals surface area contributed by atoms with Crippen molar-refractivity contribution in [3.8, 4) is 0 Å². The molecule has 0 saturated heterocycles. The molecule has 2 aromatic rings. The van der Waals surface area contributed by atoms with Gasteiger partial charge in [0.1, 0.15) is 5.17 Å². The van der Waals surface area contributed by atoms with Crippen LogP contribution >= 0.6 is 11.6 Å². The van der Waals surface area contributed by atoms with Crippen LogP contribution in [0, 0.1) is 0 Å². The molecule has 0 bridgehead atoms. The van der Waals surface area contributed by atoms with E-state index in [0.29, 0.717) is 18.0 Å². The number of fused-ring (bicyclic) bond motifs is 1.